The fourth-order valence-electron chi connectivity index (χ4n) is 6.09. The van der Waals surface area contributed by atoms with Gasteiger partial charge in [0.25, 0.3) is 0 Å². The largest absolute Gasteiger partial charge is 0.368 e. The number of hydrogen-bond acceptors (Lipinski definition) is 6. The molecule has 0 saturated carbocycles. The highest BCUT2D eigenvalue weighted by atomic mass is 15.4. The van der Waals surface area contributed by atoms with Gasteiger partial charge in [-0.1, -0.05) is 0 Å². The molecule has 5 rings (SSSR count). The number of piperazine rings is 1. The minimum absolute atomic E-state index is 0.209. The van der Waals surface area contributed by atoms with Crippen molar-refractivity contribution < 1.29 is 1.37 Å². The molecule has 164 valence electrons. The first kappa shape index (κ1) is 19.5. The first-order valence-corrected chi connectivity index (χ1v) is 11.7. The van der Waals surface area contributed by atoms with Crippen LogP contribution in [0.5, 0.6) is 0 Å². The van der Waals surface area contributed by atoms with E-state index in [4.69, 9.17) is 1.37 Å². The molecular weight excluding hydrogens is 384 g/mol. The predicted octanol–water partition coefficient (Wildman–Crippen LogP) is 2.78. The summed E-state index contributed by atoms with van der Waals surface area (Å²) in [6.07, 6.45) is 3.99. The van der Waals surface area contributed by atoms with Crippen molar-refractivity contribution in [2.45, 2.75) is 50.4 Å². The number of pyridine rings is 1. The van der Waals surface area contributed by atoms with Gasteiger partial charge in [0.1, 0.15) is 6.07 Å². The number of benzene rings is 1. The summed E-state index contributed by atoms with van der Waals surface area (Å²) in [7, 11) is 4.42. The molecule has 3 fully saturated rings. The van der Waals surface area contributed by atoms with Gasteiger partial charge in [0.05, 0.1) is 12.5 Å². The Kier molecular flexibility index (Phi) is 5.27. The number of fused-ring (bicyclic) bond motifs is 2. The Morgan fingerprint density at radius 1 is 1.13 bits per heavy atom. The Balaban J connectivity index is 1.34. The molecule has 0 N–H and O–H groups in total. The summed E-state index contributed by atoms with van der Waals surface area (Å²) in [5.41, 5.74) is 2.35. The highest BCUT2D eigenvalue weighted by molar-refractivity contribution is 5.95. The molecule has 3 atom stereocenters. The van der Waals surface area contributed by atoms with E-state index in [2.05, 4.69) is 57.7 Å². The SMILES string of the molecule is [2H]c1ccc2c(N3C[C@@H]4C[C@H](N5CCC(N(C)C)CC5)CN4[C@H](C)C3)ccc(C#N)c2n1. The molecule has 1 aromatic carbocycles. The van der Waals surface area contributed by atoms with E-state index in [-0.39, 0.29) is 6.17 Å². The third-order valence-electron chi connectivity index (χ3n) is 7.82. The first-order chi connectivity index (χ1) is 15.4. The van der Waals surface area contributed by atoms with Crippen LogP contribution >= 0.6 is 0 Å². The van der Waals surface area contributed by atoms with Crippen molar-refractivity contribution in [3.05, 3.63) is 36.0 Å². The molecule has 31 heavy (non-hydrogen) atoms. The molecule has 1 aromatic heterocycles. The van der Waals surface area contributed by atoms with Crippen LogP contribution in [0.4, 0.5) is 5.69 Å². The third-order valence-corrected chi connectivity index (χ3v) is 7.82. The number of rotatable bonds is 3. The molecule has 3 aliphatic rings. The molecule has 0 spiro atoms. The summed E-state index contributed by atoms with van der Waals surface area (Å²) in [5.74, 6) is 0. The van der Waals surface area contributed by atoms with Crippen LogP contribution < -0.4 is 4.90 Å². The molecule has 0 amide bonds. The second kappa shape index (κ2) is 8.38. The van der Waals surface area contributed by atoms with E-state index in [1.54, 1.807) is 6.07 Å². The number of likely N-dealkylation sites (tertiary alicyclic amines) is 1. The Morgan fingerprint density at radius 2 is 1.94 bits per heavy atom. The van der Waals surface area contributed by atoms with Crippen LogP contribution in [0.3, 0.4) is 0 Å². The molecule has 0 radical (unpaired) electrons. The van der Waals surface area contributed by atoms with Crippen LogP contribution in [0.25, 0.3) is 10.9 Å². The Hall–Kier alpha value is -2.20. The van der Waals surface area contributed by atoms with Crippen molar-refractivity contribution >= 4 is 16.6 Å². The summed E-state index contributed by atoms with van der Waals surface area (Å²) in [6.45, 7) is 7.96. The van der Waals surface area contributed by atoms with Gasteiger partial charge in [-0.25, -0.2) is 0 Å². The quantitative estimate of drug-likeness (QED) is 0.763. The maximum absolute atomic E-state index is 9.51. The maximum atomic E-state index is 9.51. The molecule has 6 heteroatoms. The maximum Gasteiger partial charge on any atom is 0.101 e. The zero-order chi connectivity index (χ0) is 22.4. The smallest absolute Gasteiger partial charge is 0.101 e. The van der Waals surface area contributed by atoms with E-state index >= 15 is 0 Å². The van der Waals surface area contributed by atoms with Gasteiger partial charge < -0.3 is 9.80 Å². The van der Waals surface area contributed by atoms with Gasteiger partial charge in [-0.2, -0.15) is 5.26 Å². The number of piperidine rings is 1. The van der Waals surface area contributed by atoms with E-state index in [1.807, 2.05) is 12.1 Å². The summed E-state index contributed by atoms with van der Waals surface area (Å²) < 4.78 is 7.90. The van der Waals surface area contributed by atoms with Crippen molar-refractivity contribution in [2.24, 2.45) is 0 Å². The van der Waals surface area contributed by atoms with Gasteiger partial charge in [-0.15, -0.1) is 0 Å². The molecule has 0 bridgehead atoms. The van der Waals surface area contributed by atoms with Crippen molar-refractivity contribution in [2.75, 3.05) is 51.7 Å². The average Bonchev–Trinajstić information content (AvgIpc) is 3.23. The molecule has 0 unspecified atom stereocenters. The normalized spacial score (nSPS) is 28.7. The lowest BCUT2D eigenvalue weighted by molar-refractivity contribution is 0.105. The van der Waals surface area contributed by atoms with E-state index in [1.165, 1.54) is 38.9 Å². The minimum atomic E-state index is 0.209. The van der Waals surface area contributed by atoms with Crippen molar-refractivity contribution in [1.29, 1.82) is 5.26 Å². The summed E-state index contributed by atoms with van der Waals surface area (Å²) in [5, 5.41) is 10.5. The van der Waals surface area contributed by atoms with E-state index in [0.29, 0.717) is 29.2 Å². The molecule has 4 heterocycles. The lowest BCUT2D eigenvalue weighted by Gasteiger charge is -2.43. The lowest BCUT2D eigenvalue weighted by Crippen LogP contribution is -2.55. The zero-order valence-corrected chi connectivity index (χ0v) is 19.0. The zero-order valence-electron chi connectivity index (χ0n) is 20.0. The van der Waals surface area contributed by atoms with Crippen molar-refractivity contribution in [3.63, 3.8) is 0 Å². The van der Waals surface area contributed by atoms with Gasteiger partial charge in [0.15, 0.2) is 0 Å². The summed E-state index contributed by atoms with van der Waals surface area (Å²) in [6, 6.07) is 12.3. The lowest BCUT2D eigenvalue weighted by atomic mass is 10.0. The van der Waals surface area contributed by atoms with Gasteiger partial charge >= 0.3 is 0 Å². The average molecular weight is 420 g/mol. The topological polar surface area (TPSA) is 49.6 Å². The molecule has 3 aliphatic heterocycles. The third kappa shape index (κ3) is 3.80. The van der Waals surface area contributed by atoms with E-state index in [0.717, 1.165) is 30.2 Å². The number of aromatic nitrogens is 1. The number of anilines is 1. The van der Waals surface area contributed by atoms with Gasteiger partial charge in [-0.3, -0.25) is 14.8 Å². The summed E-state index contributed by atoms with van der Waals surface area (Å²) >= 11 is 0. The number of nitriles is 1. The Morgan fingerprint density at radius 3 is 2.68 bits per heavy atom. The van der Waals surface area contributed by atoms with Crippen LogP contribution in [0, 0.1) is 11.3 Å². The second-order valence-corrected chi connectivity index (χ2v) is 9.81. The highest BCUT2D eigenvalue weighted by Crippen LogP contribution is 2.35. The Labute approximate surface area is 187 Å². The fraction of sp³-hybridized carbons (Fsp3) is 0.600. The standard InChI is InChI=1S/C25H34N6/c1-18-15-30(24-7-6-19(14-26)25-23(24)5-4-10-27-25)16-22-13-21(17-31(18)22)29-11-8-20(9-12-29)28(2)3/h4-7,10,18,20-22H,8-9,11-13,15-17H2,1-3H3/t18-,21+,22+/m1/s1/i10D. The minimum Gasteiger partial charge on any atom is -0.368 e. The fourth-order valence-corrected chi connectivity index (χ4v) is 6.09. The molecule has 6 nitrogen and oxygen atoms in total. The van der Waals surface area contributed by atoms with Gasteiger partial charge in [-0.05, 0) is 77.6 Å². The highest BCUT2D eigenvalue weighted by Gasteiger charge is 2.42. The van der Waals surface area contributed by atoms with Crippen LogP contribution in [-0.4, -0.2) is 90.7 Å². The summed E-state index contributed by atoms with van der Waals surface area (Å²) in [4.78, 5) is 14.7. The van der Waals surface area contributed by atoms with Gasteiger partial charge in [0.2, 0.25) is 0 Å². The van der Waals surface area contributed by atoms with Crippen LogP contribution in [0.1, 0.15) is 33.1 Å². The van der Waals surface area contributed by atoms with E-state index in [9.17, 15) is 5.26 Å². The van der Waals surface area contributed by atoms with Crippen LogP contribution in [0.15, 0.2) is 30.4 Å². The second-order valence-electron chi connectivity index (χ2n) is 9.81. The predicted molar refractivity (Wildman–Crippen MR) is 125 cm³/mol. The molecule has 0 aliphatic carbocycles. The number of hydrogen-bond donors (Lipinski definition) is 0. The molecule has 3 saturated heterocycles. The van der Waals surface area contributed by atoms with E-state index < -0.39 is 0 Å². The van der Waals surface area contributed by atoms with Crippen molar-refractivity contribution in [1.82, 2.24) is 19.7 Å². The van der Waals surface area contributed by atoms with Crippen LogP contribution in [0.2, 0.25) is 0 Å². The van der Waals surface area contributed by atoms with Gasteiger partial charge in [0, 0.05) is 61.0 Å². The number of nitrogens with zero attached hydrogens (tertiary/aromatic N) is 6. The molecule has 2 aromatic rings. The molecular formula is C25H34N6. The van der Waals surface area contributed by atoms with Crippen LogP contribution in [-0.2, 0) is 0 Å². The first-order valence-electron chi connectivity index (χ1n) is 12.2. The van der Waals surface area contributed by atoms with Crippen molar-refractivity contribution in [3.8, 4) is 6.07 Å². The monoisotopic (exact) mass is 419 g/mol. The Bertz CT molecular complexity index is 1020.